The van der Waals surface area contributed by atoms with Crippen LogP contribution in [0.3, 0.4) is 0 Å². The van der Waals surface area contributed by atoms with E-state index in [1.807, 2.05) is 13.8 Å². The Morgan fingerprint density at radius 3 is 1.94 bits per heavy atom. The maximum absolute atomic E-state index is 5.79. The highest BCUT2D eigenvalue weighted by Gasteiger charge is 2.36. The van der Waals surface area contributed by atoms with Gasteiger partial charge in [-0.3, -0.25) is 4.99 Å². The minimum atomic E-state index is -1.72. The first-order valence-electron chi connectivity index (χ1n) is 6.32. The van der Waals surface area contributed by atoms with Gasteiger partial charge in [-0.05, 0) is 40.5 Å². The minimum Gasteiger partial charge on any atom is -0.395 e. The smallest absolute Gasteiger partial charge is 0.349 e. The van der Waals surface area contributed by atoms with Crippen molar-refractivity contribution in [2.75, 3.05) is 13.2 Å². The van der Waals surface area contributed by atoms with Gasteiger partial charge in [0.2, 0.25) is 0 Å². The van der Waals surface area contributed by atoms with Crippen molar-refractivity contribution in [3.8, 4) is 0 Å². The zero-order valence-electron chi connectivity index (χ0n) is 11.7. The van der Waals surface area contributed by atoms with Gasteiger partial charge >= 0.3 is 9.28 Å². The van der Waals surface area contributed by atoms with E-state index in [9.17, 15) is 0 Å². The molecule has 0 radical (unpaired) electrons. The molecule has 1 unspecified atom stereocenters. The van der Waals surface area contributed by atoms with E-state index in [1.54, 1.807) is 0 Å². The molecular formula is C12H27NO2Si. The summed E-state index contributed by atoms with van der Waals surface area (Å²) >= 11 is 0. The first-order chi connectivity index (χ1) is 7.53. The molecule has 0 aliphatic rings. The lowest BCUT2D eigenvalue weighted by Crippen LogP contribution is -2.46. The van der Waals surface area contributed by atoms with E-state index in [1.165, 1.54) is 5.71 Å². The molecular weight excluding hydrogens is 218 g/mol. The molecule has 0 saturated heterocycles. The summed E-state index contributed by atoms with van der Waals surface area (Å²) in [7, 11) is -1.72. The van der Waals surface area contributed by atoms with Crippen LogP contribution in [-0.2, 0) is 8.85 Å². The maximum Gasteiger partial charge on any atom is 0.349 e. The first kappa shape index (κ1) is 15.8. The van der Waals surface area contributed by atoms with E-state index in [2.05, 4.69) is 27.7 Å². The molecule has 0 bridgehead atoms. The molecule has 1 atom stereocenters. The van der Waals surface area contributed by atoms with Crippen LogP contribution in [0.25, 0.3) is 0 Å². The van der Waals surface area contributed by atoms with Gasteiger partial charge in [-0.2, -0.15) is 0 Å². The molecule has 0 saturated carbocycles. The molecule has 4 heteroatoms. The highest BCUT2D eigenvalue weighted by molar-refractivity contribution is 6.49. The molecule has 0 N–H and O–H groups in total. The zero-order valence-corrected chi connectivity index (χ0v) is 12.8. The first-order valence-corrected chi connectivity index (χ1v) is 7.84. The summed E-state index contributed by atoms with van der Waals surface area (Å²) in [5.41, 5.74) is 1.18. The van der Waals surface area contributed by atoms with Crippen LogP contribution in [0.15, 0.2) is 4.99 Å². The van der Waals surface area contributed by atoms with Crippen LogP contribution in [0.5, 0.6) is 0 Å². The fourth-order valence-electron chi connectivity index (χ4n) is 1.52. The van der Waals surface area contributed by atoms with Crippen molar-refractivity contribution in [2.24, 2.45) is 4.99 Å². The summed E-state index contributed by atoms with van der Waals surface area (Å²) in [5, 5.41) is -0.133. The van der Waals surface area contributed by atoms with E-state index < -0.39 is 9.28 Å². The highest BCUT2D eigenvalue weighted by atomic mass is 28.3. The summed E-state index contributed by atoms with van der Waals surface area (Å²) in [6.07, 6.45) is 1.97. The molecule has 96 valence electrons. The molecule has 0 aromatic carbocycles. The third-order valence-corrected chi connectivity index (χ3v) is 5.64. The van der Waals surface area contributed by atoms with Gasteiger partial charge in [-0.1, -0.05) is 13.8 Å². The van der Waals surface area contributed by atoms with Crippen molar-refractivity contribution in [2.45, 2.75) is 59.5 Å². The van der Waals surface area contributed by atoms with Crippen molar-refractivity contribution in [3.05, 3.63) is 0 Å². The van der Waals surface area contributed by atoms with E-state index in [0.29, 0.717) is 13.2 Å². The van der Waals surface area contributed by atoms with Gasteiger partial charge < -0.3 is 8.85 Å². The van der Waals surface area contributed by atoms with Crippen molar-refractivity contribution >= 4 is 15.0 Å². The Kier molecular flexibility index (Phi) is 7.88. The van der Waals surface area contributed by atoms with E-state index in [4.69, 9.17) is 13.8 Å². The predicted molar refractivity (Wildman–Crippen MR) is 72.5 cm³/mol. The third-order valence-electron chi connectivity index (χ3n) is 2.82. The highest BCUT2D eigenvalue weighted by Crippen LogP contribution is 2.21. The molecule has 0 rings (SSSR count). The van der Waals surface area contributed by atoms with Crippen LogP contribution in [-0.4, -0.2) is 33.4 Å². The normalized spacial score (nSPS) is 16.6. The fourth-order valence-corrected chi connectivity index (χ4v) is 3.60. The Labute approximate surface area is 102 Å². The van der Waals surface area contributed by atoms with Crippen LogP contribution in [0, 0.1) is 0 Å². The summed E-state index contributed by atoms with van der Waals surface area (Å²) in [6, 6.07) is 0. The topological polar surface area (TPSA) is 30.8 Å². The zero-order chi connectivity index (χ0) is 12.6. The van der Waals surface area contributed by atoms with Crippen LogP contribution in [0.4, 0.5) is 0 Å². The van der Waals surface area contributed by atoms with Gasteiger partial charge in [0, 0.05) is 18.9 Å². The summed E-state index contributed by atoms with van der Waals surface area (Å²) < 4.78 is 11.6. The third kappa shape index (κ3) is 4.76. The predicted octanol–water partition coefficient (Wildman–Crippen LogP) is 2.86. The lowest BCUT2D eigenvalue weighted by Gasteiger charge is -2.31. The molecule has 0 heterocycles. The molecule has 0 spiro atoms. The molecule has 0 fully saturated rings. The Morgan fingerprint density at radius 1 is 1.12 bits per heavy atom. The van der Waals surface area contributed by atoms with Gasteiger partial charge in [0.05, 0.1) is 5.16 Å². The van der Waals surface area contributed by atoms with Crippen LogP contribution < -0.4 is 0 Å². The van der Waals surface area contributed by atoms with Crippen LogP contribution in [0.2, 0.25) is 0 Å². The van der Waals surface area contributed by atoms with E-state index in [-0.39, 0.29) is 5.16 Å². The number of hydrogen-bond donors (Lipinski definition) is 0. The second-order valence-electron chi connectivity index (χ2n) is 4.15. The van der Waals surface area contributed by atoms with Crippen molar-refractivity contribution < 1.29 is 8.85 Å². The number of nitrogens with zero attached hydrogens (tertiary/aromatic N) is 1. The quantitative estimate of drug-likeness (QED) is 0.486. The van der Waals surface area contributed by atoms with Gasteiger partial charge in [0.25, 0.3) is 0 Å². The van der Waals surface area contributed by atoms with Crippen molar-refractivity contribution in [1.82, 2.24) is 0 Å². The Balaban J connectivity index is 4.85. The van der Waals surface area contributed by atoms with Gasteiger partial charge in [-0.15, -0.1) is 0 Å². The number of aliphatic imine (C=N–C) groups is 1. The average molecular weight is 245 g/mol. The number of rotatable bonds is 8. The van der Waals surface area contributed by atoms with Crippen LogP contribution in [0.1, 0.15) is 54.4 Å². The largest absolute Gasteiger partial charge is 0.395 e. The molecule has 0 amide bonds. The SMILES string of the molecule is CCO[SiH](OCC)C(C)(CC)N=C(C)CC. The molecule has 16 heavy (non-hydrogen) atoms. The van der Waals surface area contributed by atoms with Gasteiger partial charge in [0.15, 0.2) is 0 Å². The second-order valence-corrected chi connectivity index (χ2v) is 6.73. The van der Waals surface area contributed by atoms with Crippen molar-refractivity contribution in [3.63, 3.8) is 0 Å². The Bertz CT molecular complexity index is 215. The lowest BCUT2D eigenvalue weighted by molar-refractivity contribution is 0.188. The van der Waals surface area contributed by atoms with E-state index >= 15 is 0 Å². The summed E-state index contributed by atoms with van der Waals surface area (Å²) in [4.78, 5) is 4.81. The Hall–Kier alpha value is -0.193. The molecule has 0 aliphatic heterocycles. The molecule has 0 aromatic rings. The summed E-state index contributed by atoms with van der Waals surface area (Å²) in [5.74, 6) is 0. The fraction of sp³-hybridized carbons (Fsp3) is 0.917. The second kappa shape index (κ2) is 7.98. The lowest BCUT2D eigenvalue weighted by atomic mass is 10.2. The molecule has 0 aliphatic carbocycles. The maximum atomic E-state index is 5.79. The summed E-state index contributed by atoms with van der Waals surface area (Å²) in [6.45, 7) is 14.0. The van der Waals surface area contributed by atoms with Gasteiger partial charge in [-0.25, -0.2) is 0 Å². The van der Waals surface area contributed by atoms with E-state index in [0.717, 1.165) is 12.8 Å². The molecule has 0 aromatic heterocycles. The van der Waals surface area contributed by atoms with Crippen LogP contribution >= 0.6 is 0 Å². The van der Waals surface area contributed by atoms with Gasteiger partial charge in [0.1, 0.15) is 0 Å². The number of hydrogen-bond acceptors (Lipinski definition) is 3. The van der Waals surface area contributed by atoms with Crippen molar-refractivity contribution in [1.29, 1.82) is 0 Å². The Morgan fingerprint density at radius 2 is 1.62 bits per heavy atom. The monoisotopic (exact) mass is 245 g/mol. The average Bonchev–Trinajstić information content (AvgIpc) is 2.28. The standard InChI is InChI=1S/C12H27NO2Si/c1-7-11(5)13-12(6,8-2)16(14-9-3)15-10-4/h16H,7-10H2,1-6H3. The molecule has 3 nitrogen and oxygen atoms in total. The minimum absolute atomic E-state index is 0.133.